The number of carboxylic acids is 1. The summed E-state index contributed by atoms with van der Waals surface area (Å²) in [5, 5.41) is 14.3. The Morgan fingerprint density at radius 1 is 1.05 bits per heavy atom. The van der Waals surface area contributed by atoms with Crippen LogP contribution in [0.3, 0.4) is 0 Å². The van der Waals surface area contributed by atoms with Crippen molar-refractivity contribution in [1.29, 1.82) is 0 Å². The smallest absolute Gasteiger partial charge is 0.322 e. The van der Waals surface area contributed by atoms with Crippen molar-refractivity contribution in [3.8, 4) is 11.5 Å². The van der Waals surface area contributed by atoms with Crippen LogP contribution in [0.15, 0.2) is 75.4 Å². The molecule has 0 spiro atoms. The fourth-order valence-electron chi connectivity index (χ4n) is 3.70. The number of nitrogens with one attached hydrogen (secondary N) is 2. The molecule has 1 aliphatic rings. The standard InChI is InChI=1S/C26H24N2O7S2/c1-34-21-4-3-5-22(35-2)19(21)15-37(32,33)18-10-11-23-20(13-18)28-26(31)24(36-23)12-16-6-8-17(9-7-16)27-14-25(29)30/h3-13,27H,14-15H2,1-2H3,(H,28,31)(H,29,30)/b24-12+. The molecule has 1 amide bonds. The van der Waals surface area contributed by atoms with Gasteiger partial charge in [0.25, 0.3) is 5.91 Å². The van der Waals surface area contributed by atoms with E-state index in [0.717, 1.165) is 5.56 Å². The molecule has 11 heteroatoms. The maximum Gasteiger partial charge on any atom is 0.322 e. The van der Waals surface area contributed by atoms with Crippen LogP contribution in [0.1, 0.15) is 11.1 Å². The Morgan fingerprint density at radius 3 is 2.35 bits per heavy atom. The molecule has 0 unspecified atom stereocenters. The third kappa shape index (κ3) is 6.07. The van der Waals surface area contributed by atoms with Crippen molar-refractivity contribution in [2.24, 2.45) is 0 Å². The highest BCUT2D eigenvalue weighted by Crippen LogP contribution is 2.41. The highest BCUT2D eigenvalue weighted by Gasteiger charge is 2.26. The first kappa shape index (κ1) is 26.1. The van der Waals surface area contributed by atoms with Crippen LogP contribution in [0.25, 0.3) is 6.08 Å². The number of ether oxygens (including phenoxy) is 2. The van der Waals surface area contributed by atoms with E-state index in [1.54, 1.807) is 54.6 Å². The monoisotopic (exact) mass is 540 g/mol. The molecular formula is C26H24N2O7S2. The summed E-state index contributed by atoms with van der Waals surface area (Å²) < 4.78 is 37.1. The topological polar surface area (TPSA) is 131 Å². The molecule has 37 heavy (non-hydrogen) atoms. The Bertz CT molecular complexity index is 1460. The van der Waals surface area contributed by atoms with Crippen molar-refractivity contribution in [3.05, 3.63) is 76.7 Å². The number of carbonyl (C=O) groups excluding carboxylic acids is 1. The van der Waals surface area contributed by atoms with E-state index in [1.807, 2.05) is 0 Å². The Morgan fingerprint density at radius 2 is 1.73 bits per heavy atom. The molecule has 0 radical (unpaired) electrons. The number of amides is 1. The van der Waals surface area contributed by atoms with E-state index < -0.39 is 15.8 Å². The van der Waals surface area contributed by atoms with Crippen molar-refractivity contribution in [2.45, 2.75) is 15.5 Å². The van der Waals surface area contributed by atoms with Crippen LogP contribution >= 0.6 is 11.8 Å². The van der Waals surface area contributed by atoms with E-state index in [2.05, 4.69) is 10.6 Å². The SMILES string of the molecule is COc1cccc(OC)c1CS(=O)(=O)c1ccc2c(c1)NC(=O)/C(=C\c1ccc(NCC(=O)O)cc1)S2. The van der Waals surface area contributed by atoms with E-state index in [1.165, 1.54) is 38.1 Å². The maximum atomic E-state index is 13.2. The molecule has 4 rings (SSSR count). The van der Waals surface area contributed by atoms with Crippen LogP contribution < -0.4 is 20.1 Å². The number of carbonyl (C=O) groups is 2. The molecular weight excluding hydrogens is 516 g/mol. The van der Waals surface area contributed by atoms with Crippen LogP contribution in [0.2, 0.25) is 0 Å². The summed E-state index contributed by atoms with van der Waals surface area (Å²) in [6.07, 6.45) is 1.71. The van der Waals surface area contributed by atoms with Crippen LogP contribution in [-0.4, -0.2) is 46.2 Å². The Balaban J connectivity index is 1.55. The van der Waals surface area contributed by atoms with Gasteiger partial charge < -0.3 is 25.2 Å². The van der Waals surface area contributed by atoms with E-state index in [4.69, 9.17) is 14.6 Å². The van der Waals surface area contributed by atoms with E-state index in [9.17, 15) is 18.0 Å². The first-order valence-corrected chi connectivity index (χ1v) is 13.5. The molecule has 0 aromatic heterocycles. The highest BCUT2D eigenvalue weighted by molar-refractivity contribution is 8.04. The van der Waals surface area contributed by atoms with Gasteiger partial charge in [-0.15, -0.1) is 0 Å². The van der Waals surface area contributed by atoms with E-state index >= 15 is 0 Å². The summed E-state index contributed by atoms with van der Waals surface area (Å²) in [6, 6.07) is 16.7. The average Bonchev–Trinajstić information content (AvgIpc) is 2.88. The van der Waals surface area contributed by atoms with Gasteiger partial charge in [0.05, 0.1) is 41.0 Å². The summed E-state index contributed by atoms with van der Waals surface area (Å²) in [5.74, 6) is -0.833. The number of rotatable bonds is 9. The van der Waals surface area contributed by atoms with Crippen LogP contribution in [0.4, 0.5) is 11.4 Å². The molecule has 0 saturated carbocycles. The van der Waals surface area contributed by atoms with Gasteiger partial charge in [0, 0.05) is 10.6 Å². The van der Waals surface area contributed by atoms with E-state index in [0.29, 0.717) is 38.2 Å². The van der Waals surface area contributed by atoms with Crippen LogP contribution in [0.5, 0.6) is 11.5 Å². The van der Waals surface area contributed by atoms with E-state index in [-0.39, 0.29) is 23.1 Å². The zero-order valence-electron chi connectivity index (χ0n) is 20.0. The van der Waals surface area contributed by atoms with Gasteiger partial charge in [0.2, 0.25) is 0 Å². The number of anilines is 2. The zero-order valence-corrected chi connectivity index (χ0v) is 21.6. The van der Waals surface area contributed by atoms with Gasteiger partial charge in [-0.05, 0) is 54.1 Å². The lowest BCUT2D eigenvalue weighted by atomic mass is 10.2. The first-order valence-electron chi connectivity index (χ1n) is 11.0. The number of hydrogen-bond donors (Lipinski definition) is 3. The van der Waals surface area contributed by atoms with Crippen molar-refractivity contribution < 1.29 is 32.6 Å². The minimum Gasteiger partial charge on any atom is -0.496 e. The molecule has 0 bridgehead atoms. The van der Waals surface area contributed by atoms with Crippen molar-refractivity contribution in [1.82, 2.24) is 0 Å². The minimum atomic E-state index is -3.78. The number of carboxylic acid groups (broad SMARTS) is 1. The first-order chi connectivity index (χ1) is 17.7. The predicted molar refractivity (Wildman–Crippen MR) is 142 cm³/mol. The number of aliphatic carboxylic acids is 1. The molecule has 1 aliphatic heterocycles. The van der Waals surface area contributed by atoms with Gasteiger partial charge in [0.1, 0.15) is 18.0 Å². The number of hydrogen-bond acceptors (Lipinski definition) is 8. The van der Waals surface area contributed by atoms with Gasteiger partial charge >= 0.3 is 5.97 Å². The number of fused-ring (bicyclic) bond motifs is 1. The third-order valence-corrected chi connectivity index (χ3v) is 8.26. The van der Waals surface area contributed by atoms with Gasteiger partial charge in [-0.3, -0.25) is 9.59 Å². The van der Waals surface area contributed by atoms with Crippen LogP contribution in [0, 0.1) is 0 Å². The van der Waals surface area contributed by atoms with Crippen LogP contribution in [-0.2, 0) is 25.2 Å². The Kier molecular flexibility index (Phi) is 7.74. The quantitative estimate of drug-likeness (QED) is 0.341. The average molecular weight is 541 g/mol. The minimum absolute atomic E-state index is 0.0667. The maximum absolute atomic E-state index is 13.2. The Hall–Kier alpha value is -3.96. The van der Waals surface area contributed by atoms with Gasteiger partial charge in [-0.2, -0.15) is 0 Å². The predicted octanol–water partition coefficient (Wildman–Crippen LogP) is 4.26. The van der Waals surface area contributed by atoms with Crippen molar-refractivity contribution in [2.75, 3.05) is 31.4 Å². The molecule has 0 aliphatic carbocycles. The van der Waals surface area contributed by atoms with Gasteiger partial charge in [-0.25, -0.2) is 8.42 Å². The van der Waals surface area contributed by atoms with Gasteiger partial charge in [-0.1, -0.05) is 30.0 Å². The van der Waals surface area contributed by atoms with Crippen molar-refractivity contribution >= 4 is 50.9 Å². The number of methoxy groups -OCH3 is 2. The molecule has 0 atom stereocenters. The molecule has 3 N–H and O–H groups in total. The lowest BCUT2D eigenvalue weighted by Gasteiger charge is -2.20. The second-order valence-electron chi connectivity index (χ2n) is 7.99. The molecule has 0 saturated heterocycles. The van der Waals surface area contributed by atoms with Crippen molar-refractivity contribution in [3.63, 3.8) is 0 Å². The largest absolute Gasteiger partial charge is 0.496 e. The summed E-state index contributed by atoms with van der Waals surface area (Å²) in [6.45, 7) is -0.195. The zero-order chi connectivity index (χ0) is 26.6. The molecule has 9 nitrogen and oxygen atoms in total. The van der Waals surface area contributed by atoms with Gasteiger partial charge in [0.15, 0.2) is 9.84 Å². The lowest BCUT2D eigenvalue weighted by molar-refractivity contribution is -0.135. The molecule has 192 valence electrons. The molecule has 3 aromatic rings. The number of benzene rings is 3. The lowest BCUT2D eigenvalue weighted by Crippen LogP contribution is -2.18. The summed E-state index contributed by atoms with van der Waals surface area (Å²) in [5.41, 5.74) is 2.23. The molecule has 0 fully saturated rings. The fourth-order valence-corrected chi connectivity index (χ4v) is 6.04. The normalized spacial score (nSPS) is 14.0. The third-order valence-electron chi connectivity index (χ3n) is 5.52. The summed E-state index contributed by atoms with van der Waals surface area (Å²) >= 11 is 1.23. The Labute approximate surface area is 218 Å². The highest BCUT2D eigenvalue weighted by atomic mass is 32.2. The summed E-state index contributed by atoms with van der Waals surface area (Å²) in [7, 11) is -0.854. The second-order valence-corrected chi connectivity index (χ2v) is 11.1. The molecule has 3 aromatic carbocycles. The number of thioether (sulfide) groups is 1. The fraction of sp³-hybridized carbons (Fsp3) is 0.154. The second kappa shape index (κ2) is 11.0. The number of sulfone groups is 1. The summed E-state index contributed by atoms with van der Waals surface area (Å²) in [4.78, 5) is 24.7. The molecule has 1 heterocycles.